The van der Waals surface area contributed by atoms with E-state index in [2.05, 4.69) is 23.2 Å². The van der Waals surface area contributed by atoms with Gasteiger partial charge in [-0.15, -0.1) is 0 Å². The second kappa shape index (κ2) is 3.51. The van der Waals surface area contributed by atoms with Crippen LogP contribution in [0.15, 0.2) is 30.6 Å². The lowest BCUT2D eigenvalue weighted by molar-refractivity contribution is -0.675. The van der Waals surface area contributed by atoms with E-state index in [-0.39, 0.29) is 0 Å². The minimum absolute atomic E-state index is 1.04. The molecule has 1 heterocycles. The van der Waals surface area contributed by atoms with Crippen molar-refractivity contribution in [2.45, 2.75) is 5.88 Å². The van der Waals surface area contributed by atoms with Gasteiger partial charge in [-0.3, -0.25) is 0 Å². The number of hydrogen-bond donors (Lipinski definition) is 0. The van der Waals surface area contributed by atoms with E-state index < -0.39 is 0 Å². The van der Waals surface area contributed by atoms with Crippen molar-refractivity contribution >= 4 is 11.8 Å². The number of rotatable bonds is 2. The van der Waals surface area contributed by atoms with Crippen molar-refractivity contribution in [2.75, 3.05) is 6.26 Å². The Labute approximate surface area is 59.7 Å². The highest BCUT2D eigenvalue weighted by Gasteiger charge is 1.91. The van der Waals surface area contributed by atoms with Crippen LogP contribution in [-0.4, -0.2) is 6.26 Å². The second-order valence-corrected chi connectivity index (χ2v) is 2.64. The molecule has 0 N–H and O–H groups in total. The third-order valence-electron chi connectivity index (χ3n) is 1.06. The lowest BCUT2D eigenvalue weighted by atomic mass is 10.5. The van der Waals surface area contributed by atoms with Crippen molar-refractivity contribution in [3.8, 4) is 0 Å². The summed E-state index contributed by atoms with van der Waals surface area (Å²) < 4.78 is 2.14. The molecule has 1 aromatic heterocycles. The molecule has 1 aromatic rings. The van der Waals surface area contributed by atoms with Gasteiger partial charge in [-0.1, -0.05) is 17.8 Å². The summed E-state index contributed by atoms with van der Waals surface area (Å²) in [6.45, 7) is 0. The molecule has 9 heavy (non-hydrogen) atoms. The standard InChI is InChI=1S/C7H10NS/c1-9-7-8-5-3-2-4-6-8/h2-6H,7H2,1H3/q+1. The molecule has 1 nitrogen and oxygen atoms in total. The minimum Gasteiger partial charge on any atom is -0.195 e. The van der Waals surface area contributed by atoms with Crippen molar-refractivity contribution in [3.05, 3.63) is 30.6 Å². The van der Waals surface area contributed by atoms with E-state index in [1.165, 1.54) is 0 Å². The molecule has 0 aliphatic heterocycles. The quantitative estimate of drug-likeness (QED) is 0.560. The molecule has 0 aliphatic carbocycles. The first-order valence-corrected chi connectivity index (χ1v) is 4.26. The van der Waals surface area contributed by atoms with Gasteiger partial charge in [0.1, 0.15) is 0 Å². The second-order valence-electron chi connectivity index (χ2n) is 1.81. The van der Waals surface area contributed by atoms with Crippen molar-refractivity contribution in [1.82, 2.24) is 0 Å². The van der Waals surface area contributed by atoms with E-state index in [0.717, 1.165) is 5.88 Å². The highest BCUT2D eigenvalue weighted by atomic mass is 32.2. The van der Waals surface area contributed by atoms with Crippen LogP contribution in [0.1, 0.15) is 0 Å². The molecule has 0 radical (unpaired) electrons. The fourth-order valence-electron chi connectivity index (χ4n) is 0.669. The summed E-state index contributed by atoms with van der Waals surface area (Å²) in [7, 11) is 0. The summed E-state index contributed by atoms with van der Waals surface area (Å²) >= 11 is 1.82. The highest BCUT2D eigenvalue weighted by molar-refractivity contribution is 7.97. The van der Waals surface area contributed by atoms with Crippen molar-refractivity contribution in [2.24, 2.45) is 0 Å². The molecule has 1 rings (SSSR count). The molecule has 0 aliphatic rings. The molecule has 0 amide bonds. The molecule has 0 unspecified atom stereocenters. The van der Waals surface area contributed by atoms with Gasteiger partial charge in [-0.05, 0) is 6.26 Å². The maximum atomic E-state index is 2.14. The van der Waals surface area contributed by atoms with E-state index in [1.54, 1.807) is 0 Å². The number of aromatic nitrogens is 1. The van der Waals surface area contributed by atoms with Crippen molar-refractivity contribution in [3.63, 3.8) is 0 Å². The largest absolute Gasteiger partial charge is 0.195 e. The monoisotopic (exact) mass is 140 g/mol. The Kier molecular flexibility index (Phi) is 2.58. The number of pyridine rings is 1. The Balaban J connectivity index is 2.61. The fraction of sp³-hybridized carbons (Fsp3) is 0.286. The number of nitrogens with zero attached hydrogens (tertiary/aromatic N) is 1. The van der Waals surface area contributed by atoms with Gasteiger partial charge in [0.2, 0.25) is 0 Å². The molecule has 48 valence electrons. The van der Waals surface area contributed by atoms with Crippen LogP contribution in [0.25, 0.3) is 0 Å². The van der Waals surface area contributed by atoms with E-state index in [9.17, 15) is 0 Å². The van der Waals surface area contributed by atoms with E-state index in [4.69, 9.17) is 0 Å². The topological polar surface area (TPSA) is 3.88 Å². The summed E-state index contributed by atoms with van der Waals surface area (Å²) in [5, 5.41) is 0. The zero-order chi connectivity index (χ0) is 6.53. The van der Waals surface area contributed by atoms with Gasteiger partial charge in [0.15, 0.2) is 18.3 Å². The van der Waals surface area contributed by atoms with Gasteiger partial charge in [0, 0.05) is 12.1 Å². The Morgan fingerprint density at radius 2 is 1.89 bits per heavy atom. The molecule has 0 spiro atoms. The number of thioether (sulfide) groups is 1. The van der Waals surface area contributed by atoms with E-state index in [1.807, 2.05) is 30.0 Å². The van der Waals surface area contributed by atoms with Gasteiger partial charge < -0.3 is 0 Å². The minimum atomic E-state index is 1.04. The first-order chi connectivity index (χ1) is 4.43. The third kappa shape index (κ3) is 2.06. The van der Waals surface area contributed by atoms with Crippen LogP contribution in [0.4, 0.5) is 0 Å². The fourth-order valence-corrected chi connectivity index (χ4v) is 1.14. The van der Waals surface area contributed by atoms with Crippen LogP contribution in [0.5, 0.6) is 0 Å². The van der Waals surface area contributed by atoms with Crippen LogP contribution in [0, 0.1) is 0 Å². The zero-order valence-electron chi connectivity index (χ0n) is 5.45. The van der Waals surface area contributed by atoms with Crippen LogP contribution in [0.2, 0.25) is 0 Å². The first-order valence-electron chi connectivity index (χ1n) is 2.86. The number of hydrogen-bond acceptors (Lipinski definition) is 1. The zero-order valence-corrected chi connectivity index (χ0v) is 6.27. The lowest BCUT2D eigenvalue weighted by Gasteiger charge is -1.88. The molecule has 0 fully saturated rings. The van der Waals surface area contributed by atoms with Crippen LogP contribution >= 0.6 is 11.8 Å². The Morgan fingerprint density at radius 3 is 2.44 bits per heavy atom. The van der Waals surface area contributed by atoms with Gasteiger partial charge in [-0.25, -0.2) is 0 Å². The summed E-state index contributed by atoms with van der Waals surface area (Å²) in [4.78, 5) is 0. The Morgan fingerprint density at radius 1 is 1.22 bits per heavy atom. The van der Waals surface area contributed by atoms with E-state index in [0.29, 0.717) is 0 Å². The lowest BCUT2D eigenvalue weighted by Crippen LogP contribution is -2.30. The van der Waals surface area contributed by atoms with E-state index >= 15 is 0 Å². The molecule has 0 aromatic carbocycles. The summed E-state index contributed by atoms with van der Waals surface area (Å²) in [5.41, 5.74) is 0. The first kappa shape index (κ1) is 6.62. The molecule has 0 bridgehead atoms. The van der Waals surface area contributed by atoms with Crippen LogP contribution in [-0.2, 0) is 5.88 Å². The maximum Gasteiger partial charge on any atom is 0.194 e. The van der Waals surface area contributed by atoms with Crippen molar-refractivity contribution < 1.29 is 4.57 Å². The van der Waals surface area contributed by atoms with Gasteiger partial charge in [0.05, 0.1) is 0 Å². The van der Waals surface area contributed by atoms with Crippen LogP contribution in [0.3, 0.4) is 0 Å². The average molecular weight is 140 g/mol. The molecule has 2 heteroatoms. The molecule has 0 saturated heterocycles. The predicted octanol–water partition coefficient (Wildman–Crippen LogP) is 1.29. The molecule has 0 atom stereocenters. The summed E-state index contributed by atoms with van der Waals surface area (Å²) in [5.74, 6) is 1.04. The molecule has 0 saturated carbocycles. The smallest absolute Gasteiger partial charge is 0.194 e. The predicted molar refractivity (Wildman–Crippen MR) is 40.2 cm³/mol. The highest BCUT2D eigenvalue weighted by Crippen LogP contribution is 1.88. The van der Waals surface area contributed by atoms with Gasteiger partial charge >= 0.3 is 0 Å². The van der Waals surface area contributed by atoms with Crippen molar-refractivity contribution in [1.29, 1.82) is 0 Å². The van der Waals surface area contributed by atoms with Gasteiger partial charge in [-0.2, -0.15) is 4.57 Å². The van der Waals surface area contributed by atoms with Crippen LogP contribution < -0.4 is 4.57 Å². The Hall–Kier alpha value is -0.500. The maximum absolute atomic E-state index is 2.14. The molecular formula is C7H10NS+. The normalized spacial score (nSPS) is 9.44. The Bertz CT molecular complexity index is 162. The average Bonchev–Trinajstić information content (AvgIpc) is 1.91. The van der Waals surface area contributed by atoms with Gasteiger partial charge in [0.25, 0.3) is 0 Å². The summed E-state index contributed by atoms with van der Waals surface area (Å²) in [6, 6.07) is 6.10. The SMILES string of the molecule is CSC[n+]1ccccc1. The molecular weight excluding hydrogens is 130 g/mol. The summed E-state index contributed by atoms with van der Waals surface area (Å²) in [6.07, 6.45) is 6.23. The third-order valence-corrected chi connectivity index (χ3v) is 1.61.